The van der Waals surface area contributed by atoms with Gasteiger partial charge in [-0.05, 0) is 80.0 Å². The SMILES string of the molecule is Cc1nn(C(C)(C)C)c(OC(=O)c2ccccc2Br)c1Sc1ccc(Cl)cc1. The van der Waals surface area contributed by atoms with Crippen LogP contribution < -0.4 is 4.74 Å². The third-order valence-corrected chi connectivity index (χ3v) is 6.04. The third-order valence-electron chi connectivity index (χ3n) is 3.92. The van der Waals surface area contributed by atoms with Gasteiger partial charge in [-0.15, -0.1) is 0 Å². The van der Waals surface area contributed by atoms with E-state index in [0.717, 1.165) is 15.5 Å². The fourth-order valence-corrected chi connectivity index (χ4v) is 4.03. The number of benzene rings is 2. The van der Waals surface area contributed by atoms with Crippen molar-refractivity contribution < 1.29 is 9.53 Å². The van der Waals surface area contributed by atoms with Gasteiger partial charge in [-0.3, -0.25) is 0 Å². The molecule has 0 unspecified atom stereocenters. The van der Waals surface area contributed by atoms with Gasteiger partial charge in [0.05, 0.1) is 21.7 Å². The molecule has 0 saturated heterocycles. The highest BCUT2D eigenvalue weighted by molar-refractivity contribution is 9.10. The maximum absolute atomic E-state index is 12.9. The fraction of sp³-hybridized carbons (Fsp3) is 0.238. The Morgan fingerprint density at radius 2 is 1.79 bits per heavy atom. The lowest BCUT2D eigenvalue weighted by Crippen LogP contribution is -2.25. The molecule has 1 aromatic heterocycles. The van der Waals surface area contributed by atoms with Crippen LogP contribution in [0.3, 0.4) is 0 Å². The molecular weight excluding hydrogens is 460 g/mol. The number of nitrogens with zero attached hydrogens (tertiary/aromatic N) is 2. The number of hydrogen-bond acceptors (Lipinski definition) is 4. The molecule has 1 heterocycles. The van der Waals surface area contributed by atoms with Crippen LogP contribution in [0, 0.1) is 6.92 Å². The second-order valence-electron chi connectivity index (χ2n) is 7.23. The van der Waals surface area contributed by atoms with Gasteiger partial charge in [0.1, 0.15) is 0 Å². The number of hydrogen-bond donors (Lipinski definition) is 0. The first-order valence-corrected chi connectivity index (χ1v) is 10.7. The zero-order valence-electron chi connectivity index (χ0n) is 16.0. The number of esters is 1. The van der Waals surface area contributed by atoms with Crippen LogP contribution in [0.4, 0.5) is 0 Å². The summed E-state index contributed by atoms with van der Waals surface area (Å²) in [7, 11) is 0. The minimum Gasteiger partial charge on any atom is -0.403 e. The number of rotatable bonds is 4. The molecule has 0 bridgehead atoms. The number of carbonyl (C=O) groups excluding carboxylic acids is 1. The van der Waals surface area contributed by atoms with Gasteiger partial charge >= 0.3 is 5.97 Å². The topological polar surface area (TPSA) is 44.1 Å². The Bertz CT molecular complexity index is 1010. The molecule has 0 fully saturated rings. The molecule has 0 saturated carbocycles. The highest BCUT2D eigenvalue weighted by Gasteiger charge is 2.28. The van der Waals surface area contributed by atoms with E-state index in [1.165, 1.54) is 11.8 Å². The Hall–Kier alpha value is -1.76. The smallest absolute Gasteiger partial charge is 0.346 e. The van der Waals surface area contributed by atoms with Crippen LogP contribution in [0.15, 0.2) is 62.8 Å². The Morgan fingerprint density at radius 3 is 2.39 bits per heavy atom. The quantitative estimate of drug-likeness (QED) is 0.389. The molecular formula is C21H20BrClN2O2S. The maximum Gasteiger partial charge on any atom is 0.346 e. The van der Waals surface area contributed by atoms with E-state index in [9.17, 15) is 4.79 Å². The monoisotopic (exact) mass is 478 g/mol. The number of halogens is 2. The zero-order chi connectivity index (χ0) is 20.5. The van der Waals surface area contributed by atoms with Crippen molar-refractivity contribution >= 4 is 45.3 Å². The van der Waals surface area contributed by atoms with Gasteiger partial charge in [-0.1, -0.05) is 35.5 Å². The summed E-state index contributed by atoms with van der Waals surface area (Å²) in [5.74, 6) is 0.00142. The predicted molar refractivity (Wildman–Crippen MR) is 117 cm³/mol. The van der Waals surface area contributed by atoms with Gasteiger partial charge in [0.15, 0.2) is 0 Å². The number of aryl methyl sites for hydroxylation is 1. The highest BCUT2D eigenvalue weighted by atomic mass is 79.9. The van der Waals surface area contributed by atoms with Crippen LogP contribution in [0.5, 0.6) is 5.88 Å². The number of aromatic nitrogens is 2. The zero-order valence-corrected chi connectivity index (χ0v) is 19.2. The summed E-state index contributed by atoms with van der Waals surface area (Å²) in [4.78, 5) is 14.6. The van der Waals surface area contributed by atoms with E-state index < -0.39 is 5.97 Å². The summed E-state index contributed by atoms with van der Waals surface area (Å²) >= 11 is 10.9. The molecule has 3 rings (SSSR count). The normalized spacial score (nSPS) is 11.5. The van der Waals surface area contributed by atoms with Crippen molar-refractivity contribution in [3.05, 3.63) is 69.3 Å². The van der Waals surface area contributed by atoms with Crippen molar-refractivity contribution in [3.63, 3.8) is 0 Å². The molecule has 0 aliphatic heterocycles. The summed E-state index contributed by atoms with van der Waals surface area (Å²) in [5, 5.41) is 5.32. The van der Waals surface area contributed by atoms with Crippen molar-refractivity contribution in [2.24, 2.45) is 0 Å². The first-order valence-electron chi connectivity index (χ1n) is 8.67. The Labute approximate surface area is 182 Å². The molecule has 4 nitrogen and oxygen atoms in total. The maximum atomic E-state index is 12.9. The molecule has 0 amide bonds. The second kappa shape index (κ2) is 8.31. The van der Waals surface area contributed by atoms with Crippen molar-refractivity contribution in [2.75, 3.05) is 0 Å². The Morgan fingerprint density at radius 1 is 1.14 bits per heavy atom. The minimum atomic E-state index is -0.434. The van der Waals surface area contributed by atoms with Crippen LogP contribution in [0.1, 0.15) is 36.8 Å². The van der Waals surface area contributed by atoms with E-state index in [1.54, 1.807) is 16.8 Å². The molecule has 0 aliphatic carbocycles. The fourth-order valence-electron chi connectivity index (χ4n) is 2.54. The van der Waals surface area contributed by atoms with Crippen molar-refractivity contribution in [3.8, 4) is 5.88 Å². The molecule has 3 aromatic rings. The van der Waals surface area contributed by atoms with Gasteiger partial charge < -0.3 is 4.74 Å². The molecule has 0 N–H and O–H groups in total. The third kappa shape index (κ3) is 4.62. The highest BCUT2D eigenvalue weighted by Crippen LogP contribution is 2.40. The minimum absolute atomic E-state index is 0.354. The molecule has 7 heteroatoms. The standard InChI is InChI=1S/C21H20BrClN2O2S/c1-13-18(28-15-11-9-14(23)10-12-15)19(25(24-13)21(2,3)4)27-20(26)16-7-5-6-8-17(16)22/h5-12H,1-4H3. The molecule has 146 valence electrons. The average molecular weight is 480 g/mol. The largest absolute Gasteiger partial charge is 0.403 e. The second-order valence-corrected chi connectivity index (χ2v) is 9.60. The average Bonchev–Trinajstić information content (AvgIpc) is 2.93. The summed E-state index contributed by atoms with van der Waals surface area (Å²) in [6.07, 6.45) is 0. The van der Waals surface area contributed by atoms with E-state index in [-0.39, 0.29) is 5.54 Å². The predicted octanol–water partition coefficient (Wildman–Crippen LogP) is 6.73. The van der Waals surface area contributed by atoms with E-state index in [0.29, 0.717) is 20.9 Å². The van der Waals surface area contributed by atoms with Crippen LogP contribution >= 0.6 is 39.3 Å². The lowest BCUT2D eigenvalue weighted by atomic mass is 10.1. The van der Waals surface area contributed by atoms with Crippen LogP contribution in [0.2, 0.25) is 5.02 Å². The van der Waals surface area contributed by atoms with Gasteiger partial charge in [0, 0.05) is 14.4 Å². The van der Waals surface area contributed by atoms with E-state index in [1.807, 2.05) is 64.1 Å². The van der Waals surface area contributed by atoms with Crippen LogP contribution in [-0.2, 0) is 5.54 Å². The molecule has 2 aromatic carbocycles. The van der Waals surface area contributed by atoms with E-state index in [2.05, 4.69) is 21.0 Å². The Balaban J connectivity index is 2.03. The summed E-state index contributed by atoms with van der Waals surface area (Å²) in [6.45, 7) is 7.97. The summed E-state index contributed by atoms with van der Waals surface area (Å²) in [6, 6.07) is 14.7. The van der Waals surface area contributed by atoms with Crippen molar-refractivity contribution in [2.45, 2.75) is 43.0 Å². The lowest BCUT2D eigenvalue weighted by Gasteiger charge is -2.22. The number of carbonyl (C=O) groups is 1. The van der Waals surface area contributed by atoms with Crippen molar-refractivity contribution in [1.82, 2.24) is 9.78 Å². The van der Waals surface area contributed by atoms with E-state index >= 15 is 0 Å². The van der Waals surface area contributed by atoms with Crippen LogP contribution in [-0.4, -0.2) is 15.7 Å². The van der Waals surface area contributed by atoms with Gasteiger partial charge in [0.2, 0.25) is 5.88 Å². The van der Waals surface area contributed by atoms with Crippen molar-refractivity contribution in [1.29, 1.82) is 0 Å². The van der Waals surface area contributed by atoms with Gasteiger partial charge in [-0.2, -0.15) is 5.10 Å². The van der Waals surface area contributed by atoms with E-state index in [4.69, 9.17) is 16.3 Å². The molecule has 28 heavy (non-hydrogen) atoms. The van der Waals surface area contributed by atoms with Gasteiger partial charge in [0.25, 0.3) is 0 Å². The first kappa shape index (κ1) is 21.0. The van der Waals surface area contributed by atoms with Gasteiger partial charge in [-0.25, -0.2) is 9.48 Å². The molecule has 0 radical (unpaired) electrons. The molecule has 0 aliphatic rings. The summed E-state index contributed by atoms with van der Waals surface area (Å²) in [5.41, 5.74) is 0.904. The summed E-state index contributed by atoms with van der Waals surface area (Å²) < 4.78 is 8.32. The first-order chi connectivity index (χ1) is 13.2. The lowest BCUT2D eigenvalue weighted by molar-refractivity contribution is 0.0703. The Kier molecular flexibility index (Phi) is 6.22. The molecule has 0 spiro atoms. The van der Waals surface area contributed by atoms with Crippen LogP contribution in [0.25, 0.3) is 0 Å². The molecule has 0 atom stereocenters. The number of ether oxygens (including phenoxy) is 1.